The third-order valence-electron chi connectivity index (χ3n) is 3.53. The molecule has 1 aliphatic rings. The van der Waals surface area contributed by atoms with Crippen molar-refractivity contribution < 1.29 is 14.2 Å². The van der Waals surface area contributed by atoms with Crippen LogP contribution in [0.5, 0.6) is 0 Å². The zero-order valence-electron chi connectivity index (χ0n) is 11.7. The average Bonchev–Trinajstić information content (AvgIpc) is 2.48. The van der Waals surface area contributed by atoms with Gasteiger partial charge in [-0.2, -0.15) is 0 Å². The number of likely N-dealkylation sites (tertiary alicyclic amines) is 1. The summed E-state index contributed by atoms with van der Waals surface area (Å²) in [6, 6.07) is 4.98. The number of methoxy groups -OCH3 is 1. The van der Waals surface area contributed by atoms with Gasteiger partial charge in [0.25, 0.3) is 0 Å². The van der Waals surface area contributed by atoms with Crippen LogP contribution in [0.25, 0.3) is 0 Å². The van der Waals surface area contributed by atoms with Gasteiger partial charge < -0.3 is 9.84 Å². The van der Waals surface area contributed by atoms with Crippen molar-refractivity contribution in [1.82, 2.24) is 4.90 Å². The highest BCUT2D eigenvalue weighted by molar-refractivity contribution is 5.38. The smallest absolute Gasteiger partial charge is 0.138 e. The third kappa shape index (κ3) is 4.04. The van der Waals surface area contributed by atoms with E-state index in [1.165, 1.54) is 6.07 Å². The number of aliphatic hydroxyl groups excluding tert-OH is 1. The zero-order valence-corrected chi connectivity index (χ0v) is 11.7. The van der Waals surface area contributed by atoms with E-state index < -0.39 is 0 Å². The molecule has 1 aliphatic heterocycles. The Morgan fingerprint density at radius 2 is 2.35 bits per heavy atom. The normalized spacial score (nSPS) is 19.4. The summed E-state index contributed by atoms with van der Waals surface area (Å²) in [5.74, 6) is 4.78. The highest BCUT2D eigenvalue weighted by atomic mass is 19.1. The van der Waals surface area contributed by atoms with Crippen LogP contribution in [0.4, 0.5) is 4.39 Å². The first-order chi connectivity index (χ1) is 9.72. The third-order valence-corrected chi connectivity index (χ3v) is 3.53. The van der Waals surface area contributed by atoms with Gasteiger partial charge in [-0.05, 0) is 37.1 Å². The second kappa shape index (κ2) is 7.39. The summed E-state index contributed by atoms with van der Waals surface area (Å²) in [6.07, 6.45) is 2.51. The SMILES string of the molecule is COC1CCCN(Cc2ccc(F)c(C#CCO)c2)C1. The van der Waals surface area contributed by atoms with Gasteiger partial charge in [-0.3, -0.25) is 4.90 Å². The van der Waals surface area contributed by atoms with E-state index in [9.17, 15) is 4.39 Å². The van der Waals surface area contributed by atoms with Crippen LogP contribution in [-0.4, -0.2) is 42.9 Å². The summed E-state index contributed by atoms with van der Waals surface area (Å²) in [5, 5.41) is 8.69. The number of piperidine rings is 1. The van der Waals surface area contributed by atoms with E-state index >= 15 is 0 Å². The molecule has 4 heteroatoms. The van der Waals surface area contributed by atoms with Crippen molar-refractivity contribution in [3.63, 3.8) is 0 Å². The molecule has 3 nitrogen and oxygen atoms in total. The van der Waals surface area contributed by atoms with Gasteiger partial charge in [-0.1, -0.05) is 17.9 Å². The molecule has 2 rings (SSSR count). The van der Waals surface area contributed by atoms with Gasteiger partial charge in [0.05, 0.1) is 11.7 Å². The first-order valence-corrected chi connectivity index (χ1v) is 6.86. The molecule has 0 aliphatic carbocycles. The Morgan fingerprint density at radius 3 is 3.10 bits per heavy atom. The van der Waals surface area contributed by atoms with Crippen molar-refractivity contribution >= 4 is 0 Å². The van der Waals surface area contributed by atoms with E-state index in [1.54, 1.807) is 19.2 Å². The van der Waals surface area contributed by atoms with E-state index in [4.69, 9.17) is 9.84 Å². The number of aliphatic hydroxyl groups is 1. The van der Waals surface area contributed by atoms with Gasteiger partial charge in [-0.15, -0.1) is 0 Å². The average molecular weight is 277 g/mol. The molecule has 20 heavy (non-hydrogen) atoms. The van der Waals surface area contributed by atoms with Crippen LogP contribution in [0, 0.1) is 17.7 Å². The minimum atomic E-state index is -0.344. The molecule has 0 spiro atoms. The minimum Gasteiger partial charge on any atom is -0.384 e. The maximum Gasteiger partial charge on any atom is 0.138 e. The van der Waals surface area contributed by atoms with Crippen LogP contribution in [0.15, 0.2) is 18.2 Å². The molecule has 1 heterocycles. The highest BCUT2D eigenvalue weighted by Crippen LogP contribution is 2.17. The number of rotatable bonds is 3. The number of benzene rings is 1. The standard InChI is InChI=1S/C16H20FNO2/c1-20-15-5-2-8-18(12-15)11-13-6-7-16(17)14(10-13)4-3-9-19/h6-7,10,15,19H,2,5,8-9,11-12H2,1H3. The highest BCUT2D eigenvalue weighted by Gasteiger charge is 2.19. The Morgan fingerprint density at radius 1 is 1.50 bits per heavy atom. The van der Waals surface area contributed by atoms with Crippen molar-refractivity contribution in [1.29, 1.82) is 0 Å². The van der Waals surface area contributed by atoms with Crippen LogP contribution in [0.1, 0.15) is 24.0 Å². The van der Waals surface area contributed by atoms with E-state index in [-0.39, 0.29) is 18.5 Å². The fraction of sp³-hybridized carbons (Fsp3) is 0.500. The Hall–Kier alpha value is -1.41. The Bertz CT molecular complexity index is 507. The van der Waals surface area contributed by atoms with E-state index in [0.717, 1.165) is 38.0 Å². The molecular weight excluding hydrogens is 257 g/mol. The van der Waals surface area contributed by atoms with Crippen LogP contribution in [0.3, 0.4) is 0 Å². The quantitative estimate of drug-likeness (QED) is 0.855. The first-order valence-electron chi connectivity index (χ1n) is 6.86. The van der Waals surface area contributed by atoms with Gasteiger partial charge in [0.1, 0.15) is 12.4 Å². The number of ether oxygens (including phenoxy) is 1. The van der Waals surface area contributed by atoms with E-state index in [2.05, 4.69) is 16.7 Å². The summed E-state index contributed by atoms with van der Waals surface area (Å²) >= 11 is 0. The Labute approximate surface area is 119 Å². The van der Waals surface area contributed by atoms with Crippen LogP contribution >= 0.6 is 0 Å². The van der Waals surface area contributed by atoms with Gasteiger partial charge in [0.15, 0.2) is 0 Å². The zero-order chi connectivity index (χ0) is 14.4. The van der Waals surface area contributed by atoms with Crippen molar-refractivity contribution in [2.75, 3.05) is 26.8 Å². The number of hydrogen-bond acceptors (Lipinski definition) is 3. The molecule has 1 saturated heterocycles. The summed E-state index contributed by atoms with van der Waals surface area (Å²) in [5.41, 5.74) is 1.38. The van der Waals surface area contributed by atoms with Crippen molar-refractivity contribution in [3.8, 4) is 11.8 Å². The number of halogens is 1. The van der Waals surface area contributed by atoms with Gasteiger partial charge in [0, 0.05) is 20.2 Å². The molecular formula is C16H20FNO2. The summed E-state index contributed by atoms with van der Waals surface area (Å²) < 4.78 is 19.0. The maximum atomic E-state index is 13.6. The molecule has 1 fully saturated rings. The van der Waals surface area contributed by atoms with Gasteiger partial charge in [-0.25, -0.2) is 4.39 Å². The first kappa shape index (κ1) is 15.0. The van der Waals surface area contributed by atoms with Crippen LogP contribution in [-0.2, 0) is 11.3 Å². The lowest BCUT2D eigenvalue weighted by Gasteiger charge is -2.31. The largest absolute Gasteiger partial charge is 0.384 e. The molecule has 1 unspecified atom stereocenters. The summed E-state index contributed by atoms with van der Waals surface area (Å²) in [4.78, 5) is 2.31. The molecule has 0 bridgehead atoms. The summed E-state index contributed by atoms with van der Waals surface area (Å²) in [6.45, 7) is 2.46. The Kier molecular flexibility index (Phi) is 5.54. The fourth-order valence-corrected chi connectivity index (χ4v) is 2.51. The molecule has 0 amide bonds. The molecule has 1 N–H and O–H groups in total. The molecule has 1 aromatic carbocycles. The lowest BCUT2D eigenvalue weighted by atomic mass is 10.1. The van der Waals surface area contributed by atoms with Crippen molar-refractivity contribution in [3.05, 3.63) is 35.1 Å². The molecule has 108 valence electrons. The fourth-order valence-electron chi connectivity index (χ4n) is 2.51. The van der Waals surface area contributed by atoms with Crippen LogP contribution in [0.2, 0.25) is 0 Å². The maximum absolute atomic E-state index is 13.6. The molecule has 0 saturated carbocycles. The van der Waals surface area contributed by atoms with Crippen molar-refractivity contribution in [2.45, 2.75) is 25.5 Å². The van der Waals surface area contributed by atoms with Crippen molar-refractivity contribution in [2.24, 2.45) is 0 Å². The lowest BCUT2D eigenvalue weighted by Crippen LogP contribution is -2.38. The molecule has 1 atom stereocenters. The number of hydrogen-bond donors (Lipinski definition) is 1. The second-order valence-corrected chi connectivity index (χ2v) is 5.01. The second-order valence-electron chi connectivity index (χ2n) is 5.01. The number of nitrogens with zero attached hydrogens (tertiary/aromatic N) is 1. The van der Waals surface area contributed by atoms with Gasteiger partial charge in [0.2, 0.25) is 0 Å². The summed E-state index contributed by atoms with van der Waals surface area (Å²) in [7, 11) is 1.74. The van der Waals surface area contributed by atoms with E-state index in [0.29, 0.717) is 5.56 Å². The van der Waals surface area contributed by atoms with E-state index in [1.807, 2.05) is 0 Å². The topological polar surface area (TPSA) is 32.7 Å². The Balaban J connectivity index is 2.05. The lowest BCUT2D eigenvalue weighted by molar-refractivity contribution is 0.0285. The van der Waals surface area contributed by atoms with Crippen LogP contribution < -0.4 is 0 Å². The van der Waals surface area contributed by atoms with Gasteiger partial charge >= 0.3 is 0 Å². The predicted molar refractivity (Wildman–Crippen MR) is 75.7 cm³/mol. The molecule has 1 aromatic rings. The molecule has 0 aromatic heterocycles. The minimum absolute atomic E-state index is 0.259. The predicted octanol–water partition coefficient (Wildman–Crippen LogP) is 1.78. The monoisotopic (exact) mass is 277 g/mol. The molecule has 0 radical (unpaired) electrons.